The van der Waals surface area contributed by atoms with Crippen LogP contribution in [0.4, 0.5) is 50.9 Å². The van der Waals surface area contributed by atoms with Crippen LogP contribution in [-0.4, -0.2) is 18.3 Å². The van der Waals surface area contributed by atoms with Crippen LogP contribution in [0.15, 0.2) is 206 Å². The number of aryl methyl sites for hydroxylation is 8. The van der Waals surface area contributed by atoms with Gasteiger partial charge in [-0.2, -0.15) is 44.8 Å². The lowest BCUT2D eigenvalue weighted by Gasteiger charge is -2.24. The minimum Gasteiger partial charge on any atom is -0.307 e. The SMILES string of the molecule is [C-]#[N+]c1cccc(C(F)(F)F)c1-c1cc(-n2c3cccc(C)c3c3c(C)cccc32)c(-n2c3cccc(C)c3c3c(C)cccc32)cc1C#N.[C-]#[N+]c1cccc(C(F)(F)F)c1-c1cc(-n2c3cccc(C)c3c3c(C)cccc32)c(-n2c3cccc(C)c3c3c(C)cccc32)cc1C(F)(F)F. The molecule has 0 saturated carbocycles. The van der Waals surface area contributed by atoms with Gasteiger partial charge in [-0.05, 0) is 184 Å². The van der Waals surface area contributed by atoms with Crippen molar-refractivity contribution in [1.29, 1.82) is 5.26 Å². The summed E-state index contributed by atoms with van der Waals surface area (Å²) in [5.74, 6) is 0. The number of nitrogens with zero attached hydrogens (tertiary/aromatic N) is 7. The number of hydrogen-bond donors (Lipinski definition) is 0. The van der Waals surface area contributed by atoms with Crippen molar-refractivity contribution in [2.75, 3.05) is 0 Å². The fourth-order valence-electron chi connectivity index (χ4n) is 15.8. The Morgan fingerprint density at radius 1 is 0.294 bits per heavy atom. The zero-order chi connectivity index (χ0) is 71.9. The van der Waals surface area contributed by atoms with Crippen molar-refractivity contribution in [2.24, 2.45) is 0 Å². The molecule has 0 aliphatic carbocycles. The Kier molecular flexibility index (Phi) is 15.4. The Hall–Kier alpha value is -12.3. The van der Waals surface area contributed by atoms with Crippen LogP contribution in [0.5, 0.6) is 0 Å². The Morgan fingerprint density at radius 2 is 0.520 bits per heavy atom. The fraction of sp³-hybridized carbons (Fsp3) is 0.128. The van der Waals surface area contributed by atoms with Crippen molar-refractivity contribution in [3.05, 3.63) is 296 Å². The molecular weight excluding hydrogens is 1300 g/mol. The summed E-state index contributed by atoms with van der Waals surface area (Å²) in [4.78, 5) is 6.82. The zero-order valence-corrected chi connectivity index (χ0v) is 56.2. The Labute approximate surface area is 579 Å². The average Bonchev–Trinajstić information content (AvgIpc) is 1.55. The van der Waals surface area contributed by atoms with Gasteiger partial charge in [0.15, 0.2) is 11.4 Å². The van der Waals surface area contributed by atoms with Gasteiger partial charge in [-0.1, -0.05) is 133 Å². The lowest BCUT2D eigenvalue weighted by Crippen LogP contribution is -2.14. The summed E-state index contributed by atoms with van der Waals surface area (Å²) in [5.41, 5.74) is 9.84. The monoisotopic (exact) mass is 1360 g/mol. The highest BCUT2D eigenvalue weighted by Crippen LogP contribution is 2.53. The van der Waals surface area contributed by atoms with Crippen molar-refractivity contribution >= 4 is 98.6 Å². The lowest BCUT2D eigenvalue weighted by molar-refractivity contribution is -0.139. The third-order valence-electron chi connectivity index (χ3n) is 20.0. The van der Waals surface area contributed by atoms with Gasteiger partial charge < -0.3 is 18.3 Å². The highest BCUT2D eigenvalue weighted by atomic mass is 19.4. The van der Waals surface area contributed by atoms with Gasteiger partial charge in [0, 0.05) is 54.2 Å². The largest absolute Gasteiger partial charge is 0.417 e. The highest BCUT2D eigenvalue weighted by molar-refractivity contribution is 6.17. The third-order valence-corrected chi connectivity index (χ3v) is 20.0. The van der Waals surface area contributed by atoms with Crippen molar-refractivity contribution in [3.63, 3.8) is 0 Å². The number of halogens is 9. The van der Waals surface area contributed by atoms with E-state index >= 15 is 13.2 Å². The smallest absolute Gasteiger partial charge is 0.307 e. The van der Waals surface area contributed by atoms with Crippen molar-refractivity contribution in [3.8, 4) is 51.1 Å². The van der Waals surface area contributed by atoms with Crippen LogP contribution in [0.1, 0.15) is 66.8 Å². The van der Waals surface area contributed by atoms with Crippen LogP contribution >= 0.6 is 0 Å². The first-order valence-electron chi connectivity index (χ1n) is 32.8. The van der Waals surface area contributed by atoms with E-state index in [4.69, 9.17) is 13.1 Å². The zero-order valence-electron chi connectivity index (χ0n) is 56.2. The van der Waals surface area contributed by atoms with E-state index in [0.29, 0.717) is 33.4 Å². The van der Waals surface area contributed by atoms with E-state index in [2.05, 4.69) is 76.9 Å². The van der Waals surface area contributed by atoms with Gasteiger partial charge in [-0.25, -0.2) is 9.69 Å². The van der Waals surface area contributed by atoms with E-state index in [1.807, 2.05) is 154 Å². The molecule has 0 amide bonds. The number of aromatic nitrogens is 4. The van der Waals surface area contributed by atoms with Crippen LogP contribution in [0.3, 0.4) is 0 Å². The average molecular weight is 1360 g/mol. The molecule has 4 aromatic heterocycles. The maximum atomic E-state index is 15.5. The second-order valence-electron chi connectivity index (χ2n) is 26.1. The first-order valence-corrected chi connectivity index (χ1v) is 32.8. The molecule has 0 aliphatic heterocycles. The summed E-state index contributed by atoms with van der Waals surface area (Å²) in [5, 5.41) is 18.4. The van der Waals surface area contributed by atoms with E-state index in [9.17, 15) is 31.6 Å². The van der Waals surface area contributed by atoms with Gasteiger partial charge in [0.05, 0.1) is 108 Å². The quantitative estimate of drug-likeness (QED) is 0.121. The molecular formula is C86H58F9N7. The molecule has 0 aliphatic rings. The minimum atomic E-state index is -5.10. The van der Waals surface area contributed by atoms with Gasteiger partial charge in [0.1, 0.15) is 0 Å². The first kappa shape index (κ1) is 65.6. The summed E-state index contributed by atoms with van der Waals surface area (Å²) in [6, 6.07) is 61.2. The molecule has 0 bridgehead atoms. The summed E-state index contributed by atoms with van der Waals surface area (Å²) >= 11 is 0. The second kappa shape index (κ2) is 24.0. The van der Waals surface area contributed by atoms with E-state index < -0.39 is 52.0 Å². The lowest BCUT2D eigenvalue weighted by atomic mass is 9.91. The predicted molar refractivity (Wildman–Crippen MR) is 391 cm³/mol. The van der Waals surface area contributed by atoms with Crippen LogP contribution in [0, 0.1) is 79.9 Å². The molecule has 16 rings (SSSR count). The third kappa shape index (κ3) is 10.1. The maximum Gasteiger partial charge on any atom is 0.417 e. The van der Waals surface area contributed by atoms with E-state index in [-0.39, 0.29) is 33.8 Å². The van der Waals surface area contributed by atoms with Crippen LogP contribution < -0.4 is 0 Å². The van der Waals surface area contributed by atoms with E-state index in [1.165, 1.54) is 18.2 Å². The van der Waals surface area contributed by atoms with Crippen molar-refractivity contribution in [1.82, 2.24) is 18.3 Å². The molecule has 0 atom stereocenters. The van der Waals surface area contributed by atoms with Crippen LogP contribution in [-0.2, 0) is 18.5 Å². The molecule has 0 radical (unpaired) electrons. The summed E-state index contributed by atoms with van der Waals surface area (Å²) in [6.07, 6.45) is -14.9. The first-order chi connectivity index (χ1) is 48.8. The standard InChI is InChI=1S/C43H29F6N3.C43H29F3N4/c1-23-11-6-17-31-37(23)38-24(2)12-7-18-32(38)51(31)35-21-27(41-28(42(44,45)46)15-10-16-30(41)50-5)29(43(47,48)49)22-36(35)52-33-19-8-13-25(3)39(33)40-26(4)14-9-20-34(40)52;1-24-11-6-17-32-38(24)39-25(2)12-7-18-33(39)49(32)36-21-28(23-47)29(42-30(43(44,45)46)15-10-16-31(42)48-5)22-37(36)50-34-19-8-13-26(3)40(34)41-27(4)14-9-20-35(41)50/h6-22H,1-4H3;6-22H,1-4H3. The number of fused-ring (bicyclic) bond motifs is 12. The van der Waals surface area contributed by atoms with E-state index in [0.717, 1.165) is 140 Å². The number of benzene rings is 12. The summed E-state index contributed by atoms with van der Waals surface area (Å²) in [6.45, 7) is 31.7. The second-order valence-corrected chi connectivity index (χ2v) is 26.1. The summed E-state index contributed by atoms with van der Waals surface area (Å²) in [7, 11) is 0. The van der Waals surface area contributed by atoms with Gasteiger partial charge >= 0.3 is 18.5 Å². The normalized spacial score (nSPS) is 12.1. The Morgan fingerprint density at radius 3 is 0.765 bits per heavy atom. The topological polar surface area (TPSA) is 52.2 Å². The number of hydrogen-bond acceptors (Lipinski definition) is 1. The Balaban J connectivity index is 0.000000165. The highest BCUT2D eigenvalue weighted by Gasteiger charge is 2.42. The summed E-state index contributed by atoms with van der Waals surface area (Å²) < 4.78 is 142. The van der Waals surface area contributed by atoms with Gasteiger partial charge in [0.2, 0.25) is 0 Å². The molecule has 4 heterocycles. The molecule has 12 aromatic carbocycles. The number of rotatable bonds is 6. The van der Waals surface area contributed by atoms with Crippen LogP contribution in [0.25, 0.3) is 142 Å². The predicted octanol–water partition coefficient (Wildman–Crippen LogP) is 25.6. The molecule has 16 aromatic rings. The molecule has 102 heavy (non-hydrogen) atoms. The minimum absolute atomic E-state index is 0.0359. The molecule has 0 unspecified atom stereocenters. The molecule has 500 valence electrons. The fourth-order valence-corrected chi connectivity index (χ4v) is 15.8. The number of nitriles is 1. The van der Waals surface area contributed by atoms with Crippen molar-refractivity contribution < 1.29 is 39.5 Å². The molecule has 16 heteroatoms. The van der Waals surface area contributed by atoms with Crippen molar-refractivity contribution in [2.45, 2.75) is 73.9 Å². The molecule has 0 N–H and O–H groups in total. The molecule has 0 fully saturated rings. The molecule has 0 spiro atoms. The Bertz CT molecular complexity index is 6180. The van der Waals surface area contributed by atoms with Crippen LogP contribution in [0.2, 0.25) is 0 Å². The van der Waals surface area contributed by atoms with Gasteiger partial charge in [0.25, 0.3) is 0 Å². The van der Waals surface area contributed by atoms with Gasteiger partial charge in [-0.3, -0.25) is 0 Å². The molecule has 7 nitrogen and oxygen atoms in total. The molecule has 0 saturated heterocycles. The number of alkyl halides is 9. The van der Waals surface area contributed by atoms with E-state index in [1.54, 1.807) is 16.7 Å². The maximum absolute atomic E-state index is 15.5. The van der Waals surface area contributed by atoms with Gasteiger partial charge in [-0.15, -0.1) is 0 Å².